The Hall–Kier alpha value is -0.930. The van der Waals surface area contributed by atoms with Crippen LogP contribution in [0, 0.1) is 23.2 Å². The third-order valence-electron chi connectivity index (χ3n) is 7.99. The van der Waals surface area contributed by atoms with E-state index >= 15 is 0 Å². The van der Waals surface area contributed by atoms with Crippen LogP contribution < -0.4 is 0 Å². The summed E-state index contributed by atoms with van der Waals surface area (Å²) in [6.45, 7) is 4.54. The molecule has 4 atom stereocenters. The fraction of sp³-hybridized carbons (Fsp3) is 0.773. The van der Waals surface area contributed by atoms with Crippen molar-refractivity contribution in [3.8, 4) is 0 Å². The van der Waals surface area contributed by atoms with Crippen molar-refractivity contribution in [2.45, 2.75) is 71.0 Å². The number of rotatable bonds is 3. The average molecular weight is 344 g/mol. The summed E-state index contributed by atoms with van der Waals surface area (Å²) in [7, 11) is 3.55. The molecule has 0 bridgehead atoms. The van der Waals surface area contributed by atoms with E-state index < -0.39 is 5.79 Å². The lowest BCUT2D eigenvalue weighted by Crippen LogP contribution is -2.44. The molecule has 0 unspecified atom stereocenters. The molecular weight excluding hydrogens is 312 g/mol. The third kappa shape index (κ3) is 2.42. The predicted octanol–water partition coefficient (Wildman–Crippen LogP) is 4.82. The molecule has 4 aliphatic carbocycles. The van der Waals surface area contributed by atoms with Gasteiger partial charge in [-0.25, -0.2) is 0 Å². The average Bonchev–Trinajstić information content (AvgIpc) is 2.95. The van der Waals surface area contributed by atoms with Gasteiger partial charge in [-0.05, 0) is 61.0 Å². The second-order valence-electron chi connectivity index (χ2n) is 8.80. The van der Waals surface area contributed by atoms with Gasteiger partial charge in [-0.1, -0.05) is 25.5 Å². The fourth-order valence-electron chi connectivity index (χ4n) is 6.31. The van der Waals surface area contributed by atoms with E-state index in [0.29, 0.717) is 23.5 Å². The number of fused-ring (bicyclic) bond motifs is 4. The lowest BCUT2D eigenvalue weighted by Gasteiger charge is -2.49. The van der Waals surface area contributed by atoms with Crippen LogP contribution >= 0.6 is 0 Å². The van der Waals surface area contributed by atoms with Crippen molar-refractivity contribution in [2.75, 3.05) is 14.2 Å². The Morgan fingerprint density at radius 2 is 2.00 bits per heavy atom. The maximum Gasteiger partial charge on any atom is 0.171 e. The van der Waals surface area contributed by atoms with Gasteiger partial charge in [0, 0.05) is 38.9 Å². The minimum absolute atomic E-state index is 0.0952. The minimum atomic E-state index is -0.438. The summed E-state index contributed by atoms with van der Waals surface area (Å²) < 4.78 is 11.6. The van der Waals surface area contributed by atoms with Gasteiger partial charge in [0.25, 0.3) is 0 Å². The van der Waals surface area contributed by atoms with Crippen molar-refractivity contribution < 1.29 is 14.3 Å². The quantitative estimate of drug-likeness (QED) is 0.689. The third-order valence-corrected chi connectivity index (χ3v) is 7.99. The number of Topliss-reactive ketones (excluding diaryl/α,β-unsaturated/α-hetero) is 1. The Kier molecular flexibility index (Phi) is 4.24. The number of carbonyl (C=O) groups is 1. The first kappa shape index (κ1) is 17.5. The van der Waals surface area contributed by atoms with Gasteiger partial charge in [0.05, 0.1) is 0 Å². The molecule has 0 N–H and O–H groups in total. The molecule has 4 aliphatic rings. The van der Waals surface area contributed by atoms with Crippen LogP contribution in [0.2, 0.25) is 0 Å². The molecule has 0 amide bonds. The highest BCUT2D eigenvalue weighted by Gasteiger charge is 2.54. The van der Waals surface area contributed by atoms with Crippen LogP contribution in [0.1, 0.15) is 65.2 Å². The maximum atomic E-state index is 12.5. The molecule has 0 aliphatic heterocycles. The molecule has 0 aromatic heterocycles. The van der Waals surface area contributed by atoms with Crippen molar-refractivity contribution in [1.29, 1.82) is 0 Å². The standard InChI is InChI=1S/C22H32O3/c1-5-14-12-17-15(8-10-21(2)19(17)6-7-20(21)23)16-9-11-22(24-3,25-4)13-18(14)16/h8,14,17,19H,5-7,9-13H2,1-4H3/t14-,17-,19+,21+/m1/s1. The van der Waals surface area contributed by atoms with Crippen molar-refractivity contribution in [2.24, 2.45) is 23.2 Å². The largest absolute Gasteiger partial charge is 0.353 e. The van der Waals surface area contributed by atoms with Gasteiger partial charge in [-0.2, -0.15) is 0 Å². The first-order chi connectivity index (χ1) is 12.0. The number of ether oxygens (including phenoxy) is 2. The van der Waals surface area contributed by atoms with E-state index in [1.54, 1.807) is 30.9 Å². The Balaban J connectivity index is 1.75. The number of carbonyl (C=O) groups excluding carboxylic acids is 1. The van der Waals surface area contributed by atoms with Gasteiger partial charge < -0.3 is 9.47 Å². The second kappa shape index (κ2) is 6.06. The Morgan fingerprint density at radius 1 is 1.24 bits per heavy atom. The van der Waals surface area contributed by atoms with Crippen LogP contribution in [0.3, 0.4) is 0 Å². The fourth-order valence-corrected chi connectivity index (χ4v) is 6.31. The zero-order chi connectivity index (χ0) is 17.8. The molecule has 0 heterocycles. The van der Waals surface area contributed by atoms with Gasteiger partial charge in [0.15, 0.2) is 5.79 Å². The molecule has 0 aromatic carbocycles. The van der Waals surface area contributed by atoms with Crippen LogP contribution in [0.4, 0.5) is 0 Å². The minimum Gasteiger partial charge on any atom is -0.353 e. The monoisotopic (exact) mass is 344 g/mol. The molecule has 0 radical (unpaired) electrons. The molecule has 1 saturated carbocycles. The van der Waals surface area contributed by atoms with Gasteiger partial charge >= 0.3 is 0 Å². The van der Waals surface area contributed by atoms with E-state index in [1.165, 1.54) is 12.8 Å². The molecule has 0 spiro atoms. The summed E-state index contributed by atoms with van der Waals surface area (Å²) in [6, 6.07) is 0. The van der Waals surface area contributed by atoms with Gasteiger partial charge in [-0.3, -0.25) is 4.79 Å². The van der Waals surface area contributed by atoms with Gasteiger partial charge in [0.2, 0.25) is 0 Å². The Labute approximate surface area is 151 Å². The van der Waals surface area contributed by atoms with Crippen molar-refractivity contribution in [1.82, 2.24) is 0 Å². The van der Waals surface area contributed by atoms with Crippen LogP contribution in [-0.2, 0) is 14.3 Å². The first-order valence-corrected chi connectivity index (χ1v) is 10.0. The van der Waals surface area contributed by atoms with E-state index in [2.05, 4.69) is 19.9 Å². The van der Waals surface area contributed by atoms with E-state index in [-0.39, 0.29) is 5.41 Å². The van der Waals surface area contributed by atoms with Crippen molar-refractivity contribution >= 4 is 5.78 Å². The summed E-state index contributed by atoms with van der Waals surface area (Å²) in [5.74, 6) is 1.82. The first-order valence-electron chi connectivity index (χ1n) is 10.0. The summed E-state index contributed by atoms with van der Waals surface area (Å²) >= 11 is 0. The molecule has 25 heavy (non-hydrogen) atoms. The van der Waals surface area contributed by atoms with E-state index in [9.17, 15) is 4.79 Å². The number of methoxy groups -OCH3 is 2. The number of hydrogen-bond acceptors (Lipinski definition) is 3. The Morgan fingerprint density at radius 3 is 2.68 bits per heavy atom. The summed E-state index contributed by atoms with van der Waals surface area (Å²) in [5, 5.41) is 0. The van der Waals surface area contributed by atoms with Gasteiger partial charge in [-0.15, -0.1) is 0 Å². The van der Waals surface area contributed by atoms with Crippen LogP contribution in [0.5, 0.6) is 0 Å². The summed E-state index contributed by atoms with van der Waals surface area (Å²) in [4.78, 5) is 12.5. The number of hydrogen-bond donors (Lipinski definition) is 0. The molecular formula is C22H32O3. The highest BCUT2D eigenvalue weighted by Crippen LogP contribution is 2.59. The molecule has 3 heteroatoms. The molecule has 1 fully saturated rings. The molecule has 0 saturated heterocycles. The lowest BCUT2D eigenvalue weighted by molar-refractivity contribution is -0.213. The maximum absolute atomic E-state index is 12.5. The SMILES string of the molecule is CC[C@@H]1C[C@@H]2C(=CC[C@]3(C)C(=O)CC[C@@H]23)C2=C1CC(OC)(OC)CC2. The summed E-state index contributed by atoms with van der Waals surface area (Å²) in [6.07, 6.45) is 10.5. The smallest absolute Gasteiger partial charge is 0.171 e. The van der Waals surface area contributed by atoms with Crippen molar-refractivity contribution in [3.63, 3.8) is 0 Å². The highest BCUT2D eigenvalue weighted by molar-refractivity contribution is 5.87. The highest BCUT2D eigenvalue weighted by atomic mass is 16.7. The van der Waals surface area contributed by atoms with E-state index in [4.69, 9.17) is 9.47 Å². The van der Waals surface area contributed by atoms with E-state index in [0.717, 1.165) is 38.5 Å². The number of allylic oxidation sites excluding steroid dienone is 3. The second-order valence-corrected chi connectivity index (χ2v) is 8.80. The molecule has 138 valence electrons. The van der Waals surface area contributed by atoms with Crippen LogP contribution in [0.25, 0.3) is 0 Å². The van der Waals surface area contributed by atoms with Crippen LogP contribution in [-0.4, -0.2) is 25.8 Å². The predicted molar refractivity (Wildman–Crippen MR) is 98.1 cm³/mol. The molecule has 0 aromatic rings. The number of ketones is 1. The molecule has 3 nitrogen and oxygen atoms in total. The zero-order valence-electron chi connectivity index (χ0n) is 16.2. The van der Waals surface area contributed by atoms with Crippen molar-refractivity contribution in [3.05, 3.63) is 22.8 Å². The van der Waals surface area contributed by atoms with Gasteiger partial charge in [0.1, 0.15) is 5.78 Å². The topological polar surface area (TPSA) is 35.5 Å². The summed E-state index contributed by atoms with van der Waals surface area (Å²) in [5.41, 5.74) is 4.65. The van der Waals surface area contributed by atoms with E-state index in [1.807, 2.05) is 0 Å². The zero-order valence-corrected chi connectivity index (χ0v) is 16.2. The van der Waals surface area contributed by atoms with Crippen LogP contribution in [0.15, 0.2) is 22.8 Å². The normalized spacial score (nSPS) is 39.6. The lowest BCUT2D eigenvalue weighted by atomic mass is 9.56. The molecule has 4 rings (SSSR count). The Bertz CT molecular complexity index is 640.